The van der Waals surface area contributed by atoms with Crippen molar-refractivity contribution in [3.8, 4) is 0 Å². The van der Waals surface area contributed by atoms with Crippen LogP contribution in [0.15, 0.2) is 21.7 Å². The number of nitrogens with zero attached hydrogens (tertiary/aromatic N) is 3. The number of hydrogen-bond donors (Lipinski definition) is 1. The summed E-state index contributed by atoms with van der Waals surface area (Å²) in [6.45, 7) is 8.72. The van der Waals surface area contributed by atoms with Crippen LogP contribution < -0.4 is 4.72 Å². The summed E-state index contributed by atoms with van der Waals surface area (Å²) >= 11 is 1.28. The van der Waals surface area contributed by atoms with Gasteiger partial charge in [-0.2, -0.15) is 0 Å². The summed E-state index contributed by atoms with van der Waals surface area (Å²) in [5.41, 5.74) is 0. The van der Waals surface area contributed by atoms with E-state index in [0.29, 0.717) is 16.8 Å². The zero-order valence-corrected chi connectivity index (χ0v) is 17.1. The first kappa shape index (κ1) is 18.8. The zero-order chi connectivity index (χ0) is 18.1. The van der Waals surface area contributed by atoms with E-state index in [2.05, 4.69) is 26.5 Å². The van der Waals surface area contributed by atoms with E-state index < -0.39 is 10.0 Å². The summed E-state index contributed by atoms with van der Waals surface area (Å²) in [7, 11) is -1.14. The molecule has 0 radical (unpaired) electrons. The number of piperidine rings is 3. The van der Waals surface area contributed by atoms with Crippen LogP contribution in [0.4, 0.5) is 0 Å². The van der Waals surface area contributed by atoms with Crippen LogP contribution in [0, 0.1) is 11.8 Å². The van der Waals surface area contributed by atoms with Gasteiger partial charge in [-0.25, -0.2) is 13.1 Å². The van der Waals surface area contributed by atoms with Crippen LogP contribution in [0.3, 0.4) is 0 Å². The van der Waals surface area contributed by atoms with E-state index in [4.69, 9.17) is 0 Å². The number of piperazine rings is 1. The Morgan fingerprint density at radius 1 is 1.23 bits per heavy atom. The third-order valence-electron chi connectivity index (χ3n) is 6.37. The topological polar surface area (TPSA) is 55.9 Å². The molecule has 146 valence electrons. The molecule has 0 aliphatic carbocycles. The number of sulfonamides is 1. The molecule has 0 saturated carbocycles. The van der Waals surface area contributed by atoms with Gasteiger partial charge in [0, 0.05) is 51.9 Å². The van der Waals surface area contributed by atoms with E-state index in [9.17, 15) is 8.42 Å². The van der Waals surface area contributed by atoms with Gasteiger partial charge in [0.05, 0.1) is 0 Å². The highest BCUT2D eigenvalue weighted by Crippen LogP contribution is 2.36. The highest BCUT2D eigenvalue weighted by molar-refractivity contribution is 7.91. The summed E-state index contributed by atoms with van der Waals surface area (Å²) in [5.74, 6) is 1.49. The highest BCUT2D eigenvalue weighted by atomic mass is 32.2. The van der Waals surface area contributed by atoms with E-state index in [1.165, 1.54) is 50.5 Å². The molecular weight excluding hydrogens is 368 g/mol. The second-order valence-corrected chi connectivity index (χ2v) is 11.0. The molecule has 8 heteroatoms. The predicted molar refractivity (Wildman–Crippen MR) is 105 cm³/mol. The predicted octanol–water partition coefficient (Wildman–Crippen LogP) is 0.984. The lowest BCUT2D eigenvalue weighted by Crippen LogP contribution is -2.59. The molecule has 1 aromatic heterocycles. The normalized spacial score (nSPS) is 33.6. The molecule has 1 unspecified atom stereocenters. The molecule has 1 aromatic rings. The minimum absolute atomic E-state index is 0.354. The summed E-state index contributed by atoms with van der Waals surface area (Å²) in [6, 6.07) is 3.81. The average molecular weight is 399 g/mol. The van der Waals surface area contributed by atoms with Crippen molar-refractivity contribution in [2.75, 3.05) is 59.4 Å². The number of fused-ring (bicyclic) bond motifs is 3. The molecule has 0 amide bonds. The minimum Gasteiger partial charge on any atom is -0.304 e. The zero-order valence-electron chi connectivity index (χ0n) is 15.5. The van der Waals surface area contributed by atoms with Crippen molar-refractivity contribution in [3.05, 3.63) is 17.5 Å². The maximum atomic E-state index is 12.4. The number of nitrogens with one attached hydrogen (secondary N) is 1. The van der Waals surface area contributed by atoms with Crippen LogP contribution in [0.1, 0.15) is 12.8 Å². The van der Waals surface area contributed by atoms with Crippen LogP contribution in [-0.4, -0.2) is 88.6 Å². The molecule has 0 aromatic carbocycles. The lowest BCUT2D eigenvalue weighted by atomic mass is 9.75. The molecule has 4 aliphatic heterocycles. The molecule has 1 N–H and O–H groups in total. The number of thiophene rings is 1. The Morgan fingerprint density at radius 2 is 2.04 bits per heavy atom. The fraction of sp³-hybridized carbons (Fsp3) is 0.778. The summed E-state index contributed by atoms with van der Waals surface area (Å²) in [5, 5.41) is 1.81. The first-order chi connectivity index (χ1) is 12.5. The quantitative estimate of drug-likeness (QED) is 0.774. The summed E-state index contributed by atoms with van der Waals surface area (Å²) in [6.07, 6.45) is 2.40. The van der Waals surface area contributed by atoms with Crippen molar-refractivity contribution in [1.82, 2.24) is 19.4 Å². The van der Waals surface area contributed by atoms with Crippen LogP contribution in [0.5, 0.6) is 0 Å². The fourth-order valence-electron chi connectivity index (χ4n) is 4.72. The molecule has 4 saturated heterocycles. The van der Waals surface area contributed by atoms with Crippen molar-refractivity contribution >= 4 is 21.4 Å². The SMILES string of the molecule is CN1CCN(C[C@H]2CN3CC[C@H]2C[C@@H]3CNS(=O)(=O)c2cccs2)CC1. The lowest BCUT2D eigenvalue weighted by Gasteiger charge is -2.51. The largest absolute Gasteiger partial charge is 0.304 e. The van der Waals surface area contributed by atoms with E-state index in [1.54, 1.807) is 12.1 Å². The van der Waals surface area contributed by atoms with Gasteiger partial charge in [0.2, 0.25) is 10.0 Å². The van der Waals surface area contributed by atoms with Crippen molar-refractivity contribution in [3.63, 3.8) is 0 Å². The van der Waals surface area contributed by atoms with Gasteiger partial charge in [0.1, 0.15) is 4.21 Å². The maximum absolute atomic E-state index is 12.4. The second kappa shape index (κ2) is 7.85. The van der Waals surface area contributed by atoms with Crippen molar-refractivity contribution in [2.45, 2.75) is 23.1 Å². The molecule has 5 heterocycles. The van der Waals surface area contributed by atoms with Crippen LogP contribution in [0.2, 0.25) is 0 Å². The van der Waals surface area contributed by atoms with E-state index in [-0.39, 0.29) is 0 Å². The van der Waals surface area contributed by atoms with Gasteiger partial charge >= 0.3 is 0 Å². The Hall–Kier alpha value is -0.510. The molecule has 0 spiro atoms. The van der Waals surface area contributed by atoms with Crippen LogP contribution in [-0.2, 0) is 10.0 Å². The highest BCUT2D eigenvalue weighted by Gasteiger charge is 2.40. The summed E-state index contributed by atoms with van der Waals surface area (Å²) in [4.78, 5) is 7.56. The third kappa shape index (κ3) is 4.15. The Kier molecular flexibility index (Phi) is 5.69. The number of hydrogen-bond acceptors (Lipinski definition) is 6. The van der Waals surface area contributed by atoms with Gasteiger partial charge in [-0.3, -0.25) is 4.90 Å². The van der Waals surface area contributed by atoms with E-state index in [1.807, 2.05) is 5.38 Å². The fourth-order valence-corrected chi connectivity index (χ4v) is 6.83. The number of likely N-dealkylation sites (N-methyl/N-ethyl adjacent to an activating group) is 1. The van der Waals surface area contributed by atoms with Crippen LogP contribution >= 0.6 is 11.3 Å². The molecular formula is C18H30N4O2S2. The summed E-state index contributed by atoms with van der Waals surface area (Å²) < 4.78 is 28.0. The smallest absolute Gasteiger partial charge is 0.250 e. The second-order valence-electron chi connectivity index (χ2n) is 8.08. The minimum atomic E-state index is -3.35. The van der Waals surface area contributed by atoms with Crippen LogP contribution in [0.25, 0.3) is 0 Å². The molecule has 4 atom stereocenters. The first-order valence-corrected chi connectivity index (χ1v) is 12.1. The maximum Gasteiger partial charge on any atom is 0.250 e. The third-order valence-corrected chi connectivity index (χ3v) is 9.19. The van der Waals surface area contributed by atoms with Gasteiger partial charge in [-0.05, 0) is 49.7 Å². The first-order valence-electron chi connectivity index (χ1n) is 9.69. The average Bonchev–Trinajstić information content (AvgIpc) is 3.19. The van der Waals surface area contributed by atoms with E-state index >= 15 is 0 Å². The Morgan fingerprint density at radius 3 is 2.69 bits per heavy atom. The Bertz CT molecular complexity index is 686. The Balaban J connectivity index is 1.30. The lowest BCUT2D eigenvalue weighted by molar-refractivity contribution is -0.0149. The van der Waals surface area contributed by atoms with Crippen molar-refractivity contribution in [1.29, 1.82) is 0 Å². The van der Waals surface area contributed by atoms with Gasteiger partial charge < -0.3 is 9.80 Å². The monoisotopic (exact) mass is 398 g/mol. The number of rotatable bonds is 6. The molecule has 2 bridgehead atoms. The Labute approximate surface area is 161 Å². The van der Waals surface area contributed by atoms with Gasteiger partial charge in [-0.1, -0.05) is 6.07 Å². The molecule has 6 nitrogen and oxygen atoms in total. The standard InChI is InChI=1S/C18H30N4O2S2/c1-20-6-8-21(9-7-20)13-16-14-22-5-4-15(16)11-17(22)12-19-26(23,24)18-3-2-10-25-18/h2-3,10,15-17,19H,4-9,11-14H2,1H3/t15-,16-,17+/m0/s1. The van der Waals surface area contributed by atoms with Crippen molar-refractivity contribution in [2.24, 2.45) is 11.8 Å². The molecule has 4 aliphatic rings. The van der Waals surface area contributed by atoms with Gasteiger partial charge in [0.15, 0.2) is 0 Å². The van der Waals surface area contributed by atoms with Gasteiger partial charge in [-0.15, -0.1) is 11.3 Å². The molecule has 26 heavy (non-hydrogen) atoms. The molecule has 4 fully saturated rings. The van der Waals surface area contributed by atoms with Crippen molar-refractivity contribution < 1.29 is 8.42 Å². The van der Waals surface area contributed by atoms with E-state index in [0.717, 1.165) is 31.3 Å². The van der Waals surface area contributed by atoms with Gasteiger partial charge in [0.25, 0.3) is 0 Å². The molecule has 5 rings (SSSR count).